The van der Waals surface area contributed by atoms with Crippen molar-refractivity contribution in [2.24, 2.45) is 0 Å². The van der Waals surface area contributed by atoms with Gasteiger partial charge in [-0.05, 0) is 36.2 Å². The monoisotopic (exact) mass is 258 g/mol. The molecule has 0 saturated heterocycles. The van der Waals surface area contributed by atoms with Crippen LogP contribution in [0.3, 0.4) is 0 Å². The molecule has 2 aromatic carbocycles. The molecule has 0 radical (unpaired) electrons. The Bertz CT molecular complexity index is 603. The molecule has 0 atom stereocenters. The van der Waals surface area contributed by atoms with Crippen molar-refractivity contribution in [1.29, 1.82) is 0 Å². The lowest BCUT2D eigenvalue weighted by Crippen LogP contribution is -2.05. The van der Waals surface area contributed by atoms with Crippen molar-refractivity contribution in [3.63, 3.8) is 0 Å². The molecule has 0 aliphatic rings. The van der Waals surface area contributed by atoms with Crippen LogP contribution in [0.25, 0.3) is 0 Å². The maximum atomic E-state index is 12.3. The average molecular weight is 259 g/mol. The first-order chi connectivity index (χ1) is 8.59. The molecule has 0 amide bonds. The molecule has 90 valence electrons. The first-order valence-corrected chi connectivity index (χ1v) is 5.87. The van der Waals surface area contributed by atoms with Crippen LogP contribution in [0.2, 0.25) is 0 Å². The zero-order valence-electron chi connectivity index (χ0n) is 9.81. The number of hydrogen-bond donors (Lipinski definition) is 0. The van der Waals surface area contributed by atoms with Gasteiger partial charge in [0.2, 0.25) is 0 Å². The minimum atomic E-state index is -0.558. The maximum absolute atomic E-state index is 12.3. The van der Waals surface area contributed by atoms with Gasteiger partial charge in [-0.1, -0.05) is 36.4 Å². The maximum Gasteiger partial charge on any atom is 0.252 e. The van der Waals surface area contributed by atoms with Crippen LogP contribution < -0.4 is 0 Å². The Balaban J connectivity index is 2.48. The second-order valence-corrected chi connectivity index (χ2v) is 4.34. The summed E-state index contributed by atoms with van der Waals surface area (Å²) in [4.78, 5) is 23.4. The molecule has 2 nitrogen and oxygen atoms in total. The van der Waals surface area contributed by atoms with E-state index >= 15 is 0 Å². The molecule has 18 heavy (non-hydrogen) atoms. The van der Waals surface area contributed by atoms with Crippen LogP contribution in [0.5, 0.6) is 0 Å². The summed E-state index contributed by atoms with van der Waals surface area (Å²) in [7, 11) is 0. The number of aryl methyl sites for hydroxylation is 1. The van der Waals surface area contributed by atoms with Gasteiger partial charge < -0.3 is 0 Å². The zero-order chi connectivity index (χ0) is 13.1. The van der Waals surface area contributed by atoms with E-state index in [1.165, 1.54) is 0 Å². The van der Waals surface area contributed by atoms with Crippen molar-refractivity contribution >= 4 is 22.6 Å². The van der Waals surface area contributed by atoms with Gasteiger partial charge in [0, 0.05) is 16.7 Å². The normalized spacial score (nSPS) is 10.1. The molecule has 0 aliphatic heterocycles. The molecule has 0 unspecified atom stereocenters. The molecule has 0 N–H and O–H groups in total. The van der Waals surface area contributed by atoms with Crippen molar-refractivity contribution in [3.8, 4) is 0 Å². The van der Waals surface area contributed by atoms with Crippen LogP contribution in [0.1, 0.15) is 31.8 Å². The van der Waals surface area contributed by atoms with Gasteiger partial charge in [0.15, 0.2) is 5.78 Å². The van der Waals surface area contributed by atoms with Gasteiger partial charge in [-0.25, -0.2) is 0 Å². The molecule has 0 saturated carbocycles. The SMILES string of the molecule is Cc1ccc(C(=O)Cl)cc1C(=O)c1ccccc1. The lowest BCUT2D eigenvalue weighted by Gasteiger charge is -2.06. The average Bonchev–Trinajstić information content (AvgIpc) is 2.39. The molecule has 2 aromatic rings. The van der Waals surface area contributed by atoms with Gasteiger partial charge in [-0.2, -0.15) is 0 Å². The van der Waals surface area contributed by atoms with Gasteiger partial charge in [-0.3, -0.25) is 9.59 Å². The fourth-order valence-electron chi connectivity index (χ4n) is 1.73. The van der Waals surface area contributed by atoms with Gasteiger partial charge in [-0.15, -0.1) is 0 Å². The standard InChI is InChI=1S/C15H11ClO2/c1-10-7-8-12(15(16)18)9-13(10)14(17)11-5-3-2-4-6-11/h2-9H,1H3. The second kappa shape index (κ2) is 5.15. The number of benzene rings is 2. The summed E-state index contributed by atoms with van der Waals surface area (Å²) in [5.74, 6) is -0.104. The minimum Gasteiger partial charge on any atom is -0.289 e. The molecule has 2 rings (SSSR count). The first kappa shape index (κ1) is 12.5. The van der Waals surface area contributed by atoms with E-state index in [9.17, 15) is 9.59 Å². The Morgan fingerprint density at radius 1 is 0.944 bits per heavy atom. The highest BCUT2D eigenvalue weighted by molar-refractivity contribution is 6.67. The lowest BCUT2D eigenvalue weighted by molar-refractivity contribution is 0.103. The molecule has 0 aliphatic carbocycles. The van der Waals surface area contributed by atoms with E-state index in [-0.39, 0.29) is 5.78 Å². The van der Waals surface area contributed by atoms with Crippen LogP contribution in [0.15, 0.2) is 48.5 Å². The minimum absolute atomic E-state index is 0.104. The Morgan fingerprint density at radius 3 is 2.22 bits per heavy atom. The molecular weight excluding hydrogens is 248 g/mol. The number of halogens is 1. The van der Waals surface area contributed by atoms with E-state index in [0.29, 0.717) is 16.7 Å². The lowest BCUT2D eigenvalue weighted by atomic mass is 9.97. The summed E-state index contributed by atoms with van der Waals surface area (Å²) < 4.78 is 0. The number of rotatable bonds is 3. The molecule has 0 bridgehead atoms. The summed E-state index contributed by atoms with van der Waals surface area (Å²) >= 11 is 5.43. The Labute approximate surface area is 110 Å². The van der Waals surface area contributed by atoms with Crippen LogP contribution in [0, 0.1) is 6.92 Å². The fraction of sp³-hybridized carbons (Fsp3) is 0.0667. The van der Waals surface area contributed by atoms with Crippen molar-refractivity contribution < 1.29 is 9.59 Å². The zero-order valence-corrected chi connectivity index (χ0v) is 10.6. The third-order valence-electron chi connectivity index (χ3n) is 2.75. The van der Waals surface area contributed by atoms with Crippen molar-refractivity contribution in [3.05, 3.63) is 70.8 Å². The van der Waals surface area contributed by atoms with E-state index in [1.807, 2.05) is 13.0 Å². The summed E-state index contributed by atoms with van der Waals surface area (Å²) in [5, 5.41) is -0.558. The summed E-state index contributed by atoms with van der Waals surface area (Å²) in [5.41, 5.74) is 2.26. The predicted octanol–water partition coefficient (Wildman–Crippen LogP) is 3.61. The number of hydrogen-bond acceptors (Lipinski definition) is 2. The Kier molecular flexibility index (Phi) is 3.58. The third-order valence-corrected chi connectivity index (χ3v) is 2.96. The van der Waals surface area contributed by atoms with E-state index in [4.69, 9.17) is 11.6 Å². The molecule has 0 fully saturated rings. The quantitative estimate of drug-likeness (QED) is 0.623. The first-order valence-electron chi connectivity index (χ1n) is 5.50. The summed E-state index contributed by atoms with van der Waals surface area (Å²) in [6.45, 7) is 1.83. The Hall–Kier alpha value is -1.93. The molecule has 0 spiro atoms. The highest BCUT2D eigenvalue weighted by atomic mass is 35.5. The van der Waals surface area contributed by atoms with Gasteiger partial charge in [0.05, 0.1) is 0 Å². The van der Waals surface area contributed by atoms with E-state index < -0.39 is 5.24 Å². The van der Waals surface area contributed by atoms with Crippen LogP contribution in [0.4, 0.5) is 0 Å². The highest BCUT2D eigenvalue weighted by Gasteiger charge is 2.13. The van der Waals surface area contributed by atoms with Crippen LogP contribution in [-0.4, -0.2) is 11.0 Å². The molecule has 0 heterocycles. The predicted molar refractivity (Wildman–Crippen MR) is 71.2 cm³/mol. The van der Waals surface area contributed by atoms with E-state index in [0.717, 1.165) is 5.56 Å². The van der Waals surface area contributed by atoms with E-state index in [1.54, 1.807) is 42.5 Å². The largest absolute Gasteiger partial charge is 0.289 e. The van der Waals surface area contributed by atoms with Gasteiger partial charge in [0.1, 0.15) is 0 Å². The summed E-state index contributed by atoms with van der Waals surface area (Å²) in [6.07, 6.45) is 0. The van der Waals surface area contributed by atoms with Crippen LogP contribution in [-0.2, 0) is 0 Å². The summed E-state index contributed by atoms with van der Waals surface area (Å²) in [6, 6.07) is 13.8. The van der Waals surface area contributed by atoms with E-state index in [2.05, 4.69) is 0 Å². The smallest absolute Gasteiger partial charge is 0.252 e. The molecule has 0 aromatic heterocycles. The molecular formula is C15H11ClO2. The topological polar surface area (TPSA) is 34.1 Å². The van der Waals surface area contributed by atoms with Crippen molar-refractivity contribution in [1.82, 2.24) is 0 Å². The molecule has 3 heteroatoms. The highest BCUT2D eigenvalue weighted by Crippen LogP contribution is 2.17. The van der Waals surface area contributed by atoms with Gasteiger partial charge >= 0.3 is 0 Å². The van der Waals surface area contributed by atoms with Crippen molar-refractivity contribution in [2.75, 3.05) is 0 Å². The number of carbonyl (C=O) groups excluding carboxylic acids is 2. The number of ketones is 1. The van der Waals surface area contributed by atoms with Crippen molar-refractivity contribution in [2.45, 2.75) is 6.92 Å². The van der Waals surface area contributed by atoms with Gasteiger partial charge in [0.25, 0.3) is 5.24 Å². The second-order valence-electron chi connectivity index (χ2n) is 4.00. The fourth-order valence-corrected chi connectivity index (χ4v) is 1.85. The Morgan fingerprint density at radius 2 is 1.61 bits per heavy atom. The third kappa shape index (κ3) is 2.49. The number of carbonyl (C=O) groups is 2. The van der Waals surface area contributed by atoms with Crippen LogP contribution >= 0.6 is 11.6 Å².